The van der Waals surface area contributed by atoms with Crippen LogP contribution in [0.1, 0.15) is 72.3 Å². The molecule has 2 aromatic heterocycles. The van der Waals surface area contributed by atoms with Crippen LogP contribution >= 0.6 is 11.8 Å². The van der Waals surface area contributed by atoms with Gasteiger partial charge in [0.05, 0.1) is 18.2 Å². The lowest BCUT2D eigenvalue weighted by Gasteiger charge is -2.23. The number of thioether (sulfide) groups is 1. The maximum atomic E-state index is 9.11. The number of hydrogen-bond acceptors (Lipinski definition) is 9. The second-order valence-electron chi connectivity index (χ2n) is 9.01. The lowest BCUT2D eigenvalue weighted by Crippen LogP contribution is -2.28. The van der Waals surface area contributed by atoms with Gasteiger partial charge in [0.1, 0.15) is 6.10 Å². The van der Waals surface area contributed by atoms with Gasteiger partial charge in [0.25, 0.3) is 0 Å². The van der Waals surface area contributed by atoms with E-state index in [0.29, 0.717) is 11.9 Å². The van der Waals surface area contributed by atoms with E-state index in [1.54, 1.807) is 11.8 Å². The SMILES string of the molecule is CCCCNc1nc(SCCC)nc2c1nnn2C1CC(CCC#N)C2OC(C)(C)OC21. The number of nitrogens with one attached hydrogen (secondary N) is 1. The Morgan fingerprint density at radius 2 is 2.03 bits per heavy atom. The van der Waals surface area contributed by atoms with E-state index >= 15 is 0 Å². The monoisotopic (exact) mass is 459 g/mol. The lowest BCUT2D eigenvalue weighted by atomic mass is 9.99. The molecule has 4 atom stereocenters. The first kappa shape index (κ1) is 23.2. The molecule has 10 heteroatoms. The highest BCUT2D eigenvalue weighted by Crippen LogP contribution is 2.48. The number of hydrogen-bond donors (Lipinski definition) is 1. The van der Waals surface area contributed by atoms with Crippen molar-refractivity contribution in [1.82, 2.24) is 25.0 Å². The van der Waals surface area contributed by atoms with Crippen LogP contribution in [0.15, 0.2) is 5.16 Å². The van der Waals surface area contributed by atoms with Gasteiger partial charge >= 0.3 is 0 Å². The molecule has 0 radical (unpaired) electrons. The summed E-state index contributed by atoms with van der Waals surface area (Å²) >= 11 is 1.65. The van der Waals surface area contributed by atoms with Gasteiger partial charge in [-0.25, -0.2) is 14.6 Å². The Balaban J connectivity index is 1.70. The van der Waals surface area contributed by atoms with E-state index in [0.717, 1.165) is 61.0 Å². The Morgan fingerprint density at radius 3 is 2.78 bits per heavy atom. The summed E-state index contributed by atoms with van der Waals surface area (Å²) in [5, 5.41) is 22.3. The second kappa shape index (κ2) is 9.89. The molecule has 2 aliphatic rings. The summed E-state index contributed by atoms with van der Waals surface area (Å²) in [6, 6.07) is 2.23. The van der Waals surface area contributed by atoms with E-state index in [4.69, 9.17) is 24.7 Å². The molecular formula is C22H33N7O2S. The number of nitrogens with zero attached hydrogens (tertiary/aromatic N) is 6. The second-order valence-corrected chi connectivity index (χ2v) is 10.1. The van der Waals surface area contributed by atoms with Gasteiger partial charge in [-0.1, -0.05) is 37.2 Å². The Hall–Kier alpha value is -1.96. The number of ether oxygens (including phenoxy) is 2. The molecule has 174 valence electrons. The first-order valence-corrected chi connectivity index (χ1v) is 12.7. The topological polar surface area (TPSA) is 111 Å². The van der Waals surface area contributed by atoms with Gasteiger partial charge in [-0.15, -0.1) is 5.10 Å². The van der Waals surface area contributed by atoms with Gasteiger partial charge in [0.15, 0.2) is 27.9 Å². The number of unbranched alkanes of at least 4 members (excludes halogenated alkanes) is 1. The number of anilines is 1. The van der Waals surface area contributed by atoms with Gasteiger partial charge in [-0.05, 0) is 45.4 Å². The number of aromatic nitrogens is 5. The molecule has 0 amide bonds. The van der Waals surface area contributed by atoms with E-state index in [1.807, 2.05) is 18.5 Å². The van der Waals surface area contributed by atoms with Crippen molar-refractivity contribution in [2.75, 3.05) is 17.6 Å². The van der Waals surface area contributed by atoms with Crippen molar-refractivity contribution in [2.45, 2.75) is 95.4 Å². The van der Waals surface area contributed by atoms with E-state index in [9.17, 15) is 0 Å². The van der Waals surface area contributed by atoms with Crippen molar-refractivity contribution in [3.63, 3.8) is 0 Å². The first-order valence-electron chi connectivity index (χ1n) is 11.7. The van der Waals surface area contributed by atoms with E-state index < -0.39 is 5.79 Å². The van der Waals surface area contributed by atoms with Crippen LogP contribution in [0.2, 0.25) is 0 Å². The molecule has 4 unspecified atom stereocenters. The molecule has 9 nitrogen and oxygen atoms in total. The molecule has 1 aliphatic heterocycles. The Labute approximate surface area is 193 Å². The molecular weight excluding hydrogens is 426 g/mol. The van der Waals surface area contributed by atoms with Gasteiger partial charge in [0, 0.05) is 18.7 Å². The average Bonchev–Trinajstić information content (AvgIpc) is 3.41. The summed E-state index contributed by atoms with van der Waals surface area (Å²) < 4.78 is 14.5. The van der Waals surface area contributed by atoms with Crippen LogP contribution in [0.3, 0.4) is 0 Å². The van der Waals surface area contributed by atoms with Crippen molar-refractivity contribution in [2.24, 2.45) is 5.92 Å². The number of nitriles is 1. The molecule has 2 aromatic rings. The molecule has 1 saturated carbocycles. The lowest BCUT2D eigenvalue weighted by molar-refractivity contribution is -0.160. The fourth-order valence-corrected chi connectivity index (χ4v) is 5.32. The third-order valence-corrected chi connectivity index (χ3v) is 7.11. The van der Waals surface area contributed by atoms with Crippen LogP contribution in [0, 0.1) is 17.2 Å². The molecule has 0 aromatic carbocycles. The highest BCUT2D eigenvalue weighted by Gasteiger charge is 2.55. The molecule has 1 N–H and O–H groups in total. The third-order valence-electron chi connectivity index (χ3n) is 6.05. The quantitative estimate of drug-likeness (QED) is 0.315. The summed E-state index contributed by atoms with van der Waals surface area (Å²) in [5.41, 5.74) is 1.42. The van der Waals surface area contributed by atoms with Crippen LogP contribution in [-0.4, -0.2) is 55.3 Å². The minimum Gasteiger partial charge on any atom is -0.368 e. The molecule has 0 spiro atoms. The first-order chi connectivity index (χ1) is 15.5. The maximum absolute atomic E-state index is 9.11. The molecule has 4 rings (SSSR count). The minimum atomic E-state index is -0.653. The van der Waals surface area contributed by atoms with E-state index in [-0.39, 0.29) is 24.2 Å². The molecule has 3 heterocycles. The third kappa shape index (κ3) is 4.70. The Bertz CT molecular complexity index is 973. The molecule has 1 aliphatic carbocycles. The van der Waals surface area contributed by atoms with Gasteiger partial charge < -0.3 is 14.8 Å². The van der Waals surface area contributed by atoms with Crippen molar-refractivity contribution >= 4 is 28.7 Å². The summed E-state index contributed by atoms with van der Waals surface area (Å²) in [5.74, 6) is 1.28. The van der Waals surface area contributed by atoms with E-state index in [2.05, 4.69) is 35.5 Å². The fraction of sp³-hybridized carbons (Fsp3) is 0.773. The van der Waals surface area contributed by atoms with Crippen molar-refractivity contribution in [3.8, 4) is 6.07 Å². The van der Waals surface area contributed by atoms with Crippen LogP contribution in [0.25, 0.3) is 11.2 Å². The van der Waals surface area contributed by atoms with Crippen LogP contribution in [0.5, 0.6) is 0 Å². The molecule has 2 fully saturated rings. The minimum absolute atomic E-state index is 0.0436. The number of rotatable bonds is 10. The molecule has 32 heavy (non-hydrogen) atoms. The van der Waals surface area contributed by atoms with Crippen LogP contribution < -0.4 is 5.32 Å². The summed E-state index contributed by atoms with van der Waals surface area (Å²) in [4.78, 5) is 9.57. The summed E-state index contributed by atoms with van der Waals surface area (Å²) in [7, 11) is 0. The van der Waals surface area contributed by atoms with Gasteiger partial charge in [0.2, 0.25) is 0 Å². The van der Waals surface area contributed by atoms with Crippen molar-refractivity contribution < 1.29 is 9.47 Å². The van der Waals surface area contributed by atoms with Crippen LogP contribution in [0.4, 0.5) is 5.82 Å². The van der Waals surface area contributed by atoms with Gasteiger partial charge in [-0.3, -0.25) is 0 Å². The zero-order valence-corrected chi connectivity index (χ0v) is 20.2. The smallest absolute Gasteiger partial charge is 0.191 e. The zero-order valence-electron chi connectivity index (χ0n) is 19.4. The largest absolute Gasteiger partial charge is 0.368 e. The number of fused-ring (bicyclic) bond motifs is 2. The predicted octanol–water partition coefficient (Wildman–Crippen LogP) is 4.32. The van der Waals surface area contributed by atoms with Crippen LogP contribution in [-0.2, 0) is 9.47 Å². The average molecular weight is 460 g/mol. The molecule has 0 bridgehead atoms. The fourth-order valence-electron chi connectivity index (χ4n) is 4.63. The van der Waals surface area contributed by atoms with Crippen molar-refractivity contribution in [3.05, 3.63) is 0 Å². The highest BCUT2D eigenvalue weighted by molar-refractivity contribution is 7.99. The Kier molecular flexibility index (Phi) is 7.17. The van der Waals surface area contributed by atoms with Crippen molar-refractivity contribution in [1.29, 1.82) is 5.26 Å². The predicted molar refractivity (Wildman–Crippen MR) is 123 cm³/mol. The van der Waals surface area contributed by atoms with Gasteiger partial charge in [-0.2, -0.15) is 5.26 Å². The normalized spacial score (nSPS) is 26.3. The standard InChI is InChI=1S/C22H33N7O2S/c1-5-7-11-24-19-16-20(26-21(25-19)32-12-6-2)29(28-27-16)15-13-14(9-8-10-23)17-18(15)31-22(3,4)30-17/h14-15,17-18H,5-9,11-13H2,1-4H3,(H,24,25,26). The summed E-state index contributed by atoms with van der Waals surface area (Å²) in [6.07, 6.45) is 5.14. The maximum Gasteiger partial charge on any atom is 0.191 e. The Morgan fingerprint density at radius 1 is 1.22 bits per heavy atom. The summed E-state index contributed by atoms with van der Waals surface area (Å²) in [6.45, 7) is 9.04. The highest BCUT2D eigenvalue weighted by atomic mass is 32.2. The molecule has 1 saturated heterocycles. The zero-order chi connectivity index (χ0) is 22.7. The van der Waals surface area contributed by atoms with E-state index in [1.165, 1.54) is 0 Å².